The zero-order valence-corrected chi connectivity index (χ0v) is 14.6. The first-order valence-corrected chi connectivity index (χ1v) is 8.79. The van der Waals surface area contributed by atoms with Gasteiger partial charge in [0.15, 0.2) is 0 Å². The van der Waals surface area contributed by atoms with Crippen molar-refractivity contribution in [3.8, 4) is 6.07 Å². The minimum Gasteiger partial charge on any atom is -0.322 e. The number of alkyl halides is 1. The Morgan fingerprint density at radius 1 is 1.30 bits per heavy atom. The van der Waals surface area contributed by atoms with Gasteiger partial charge in [0.1, 0.15) is 23.9 Å². The van der Waals surface area contributed by atoms with E-state index in [2.05, 4.69) is 0 Å². The first-order valence-electron chi connectivity index (χ1n) is 8.79. The molecular weight excluding hydrogens is 355 g/mol. The number of hydrogen-bond donors (Lipinski definition) is 1. The SMILES string of the molecule is N#C[C@@H]1C[C@H](F)CN1C(=O)[C@@H](N)C(c1ccc(F)cc1)C1C=CC(F)=CC1. The molecule has 1 amide bonds. The average Bonchev–Trinajstić information content (AvgIpc) is 3.05. The van der Waals surface area contributed by atoms with Crippen molar-refractivity contribution in [3.63, 3.8) is 0 Å². The molecule has 0 saturated carbocycles. The number of nitriles is 1. The average molecular weight is 375 g/mol. The van der Waals surface area contributed by atoms with Crippen molar-refractivity contribution in [1.82, 2.24) is 4.90 Å². The zero-order valence-electron chi connectivity index (χ0n) is 14.6. The van der Waals surface area contributed by atoms with Crippen molar-refractivity contribution in [1.29, 1.82) is 5.26 Å². The molecule has 1 heterocycles. The number of rotatable bonds is 4. The summed E-state index contributed by atoms with van der Waals surface area (Å²) in [5.74, 6) is -2.16. The highest BCUT2D eigenvalue weighted by molar-refractivity contribution is 5.84. The molecule has 2 unspecified atom stereocenters. The summed E-state index contributed by atoms with van der Waals surface area (Å²) < 4.78 is 40.4. The second-order valence-corrected chi connectivity index (χ2v) is 6.92. The monoisotopic (exact) mass is 375 g/mol. The second-order valence-electron chi connectivity index (χ2n) is 6.92. The molecule has 0 radical (unpaired) electrons. The second kappa shape index (κ2) is 7.97. The van der Waals surface area contributed by atoms with Gasteiger partial charge in [0.25, 0.3) is 0 Å². The number of amides is 1. The Morgan fingerprint density at radius 3 is 2.59 bits per heavy atom. The van der Waals surface area contributed by atoms with E-state index in [4.69, 9.17) is 5.73 Å². The quantitative estimate of drug-likeness (QED) is 0.879. The van der Waals surface area contributed by atoms with Crippen molar-refractivity contribution < 1.29 is 18.0 Å². The minimum absolute atomic E-state index is 0.0343. The van der Waals surface area contributed by atoms with Crippen LogP contribution in [0.5, 0.6) is 0 Å². The summed E-state index contributed by atoms with van der Waals surface area (Å²) in [6.45, 7) is -0.171. The lowest BCUT2D eigenvalue weighted by Crippen LogP contribution is -2.50. The van der Waals surface area contributed by atoms with E-state index >= 15 is 0 Å². The largest absolute Gasteiger partial charge is 0.322 e. The Bertz CT molecular complexity index is 800. The summed E-state index contributed by atoms with van der Waals surface area (Å²) in [5, 5.41) is 9.20. The molecule has 27 heavy (non-hydrogen) atoms. The van der Waals surface area contributed by atoms with Gasteiger partial charge < -0.3 is 10.6 Å². The van der Waals surface area contributed by atoms with Crippen LogP contribution in [0.15, 0.2) is 48.3 Å². The highest BCUT2D eigenvalue weighted by atomic mass is 19.1. The van der Waals surface area contributed by atoms with E-state index in [1.165, 1.54) is 29.2 Å². The van der Waals surface area contributed by atoms with Crippen molar-refractivity contribution in [3.05, 3.63) is 59.7 Å². The number of benzene rings is 1. The summed E-state index contributed by atoms with van der Waals surface area (Å²) in [6, 6.07) is 5.64. The molecule has 1 aromatic carbocycles. The van der Waals surface area contributed by atoms with Crippen LogP contribution in [0, 0.1) is 23.1 Å². The van der Waals surface area contributed by atoms with Crippen LogP contribution >= 0.6 is 0 Å². The molecule has 0 spiro atoms. The molecule has 1 aliphatic carbocycles. The predicted molar refractivity (Wildman–Crippen MR) is 94.2 cm³/mol. The van der Waals surface area contributed by atoms with Gasteiger partial charge in [0.2, 0.25) is 5.91 Å². The fourth-order valence-corrected chi connectivity index (χ4v) is 3.78. The Morgan fingerprint density at radius 2 is 2.00 bits per heavy atom. The summed E-state index contributed by atoms with van der Waals surface area (Å²) in [5.41, 5.74) is 6.91. The molecule has 0 aromatic heterocycles. The van der Waals surface area contributed by atoms with Gasteiger partial charge in [-0.3, -0.25) is 4.79 Å². The lowest BCUT2D eigenvalue weighted by molar-refractivity contribution is -0.133. The van der Waals surface area contributed by atoms with E-state index < -0.39 is 35.9 Å². The summed E-state index contributed by atoms with van der Waals surface area (Å²) >= 11 is 0. The van der Waals surface area contributed by atoms with E-state index in [9.17, 15) is 23.2 Å². The normalized spacial score (nSPS) is 27.0. The van der Waals surface area contributed by atoms with Crippen molar-refractivity contribution >= 4 is 5.91 Å². The molecular formula is C20H20F3N3O. The van der Waals surface area contributed by atoms with E-state index in [1.54, 1.807) is 18.2 Å². The topological polar surface area (TPSA) is 70.1 Å². The highest BCUT2D eigenvalue weighted by Crippen LogP contribution is 2.35. The number of likely N-dealkylation sites (tertiary alicyclic amines) is 1. The van der Waals surface area contributed by atoms with Gasteiger partial charge in [-0.2, -0.15) is 5.26 Å². The number of hydrogen-bond acceptors (Lipinski definition) is 3. The Hall–Kier alpha value is -2.59. The fraction of sp³-hybridized carbons (Fsp3) is 0.400. The van der Waals surface area contributed by atoms with Gasteiger partial charge in [-0.05, 0) is 42.2 Å². The number of carbonyl (C=O) groups is 1. The number of allylic oxidation sites excluding steroid dienone is 4. The standard InChI is InChI=1S/C20H20F3N3O/c21-14-5-1-12(2-6-14)18(13-3-7-15(22)8-4-13)19(25)20(27)26-11-16(23)9-17(26)10-24/h1-3,5-8,13,16-19H,4,9,11,25H2/t13?,16-,17-,18?,19-/m0/s1. The van der Waals surface area contributed by atoms with Crippen LogP contribution in [0.25, 0.3) is 0 Å². The molecule has 1 fully saturated rings. The maximum absolute atomic E-state index is 13.7. The lowest BCUT2D eigenvalue weighted by Gasteiger charge is -2.33. The van der Waals surface area contributed by atoms with Crippen LogP contribution in [-0.4, -0.2) is 35.6 Å². The molecule has 2 aliphatic rings. The zero-order chi connectivity index (χ0) is 19.6. The van der Waals surface area contributed by atoms with Gasteiger partial charge >= 0.3 is 0 Å². The van der Waals surface area contributed by atoms with Crippen LogP contribution in [0.2, 0.25) is 0 Å². The molecule has 4 nitrogen and oxygen atoms in total. The van der Waals surface area contributed by atoms with Gasteiger partial charge in [-0.15, -0.1) is 0 Å². The molecule has 3 rings (SSSR count). The van der Waals surface area contributed by atoms with Gasteiger partial charge in [0.05, 0.1) is 18.7 Å². The maximum Gasteiger partial charge on any atom is 0.241 e. The van der Waals surface area contributed by atoms with Crippen LogP contribution < -0.4 is 5.73 Å². The first-order chi connectivity index (χ1) is 12.9. The van der Waals surface area contributed by atoms with Crippen molar-refractivity contribution in [2.24, 2.45) is 11.7 Å². The third kappa shape index (κ3) is 4.06. The molecule has 2 N–H and O–H groups in total. The number of nitrogens with two attached hydrogens (primary N) is 1. The predicted octanol–water partition coefficient (Wildman–Crippen LogP) is 3.13. The van der Waals surface area contributed by atoms with Gasteiger partial charge in [-0.1, -0.05) is 18.2 Å². The van der Waals surface area contributed by atoms with E-state index in [-0.39, 0.29) is 24.7 Å². The van der Waals surface area contributed by atoms with Crippen LogP contribution in [0.3, 0.4) is 0 Å². The lowest BCUT2D eigenvalue weighted by atomic mass is 9.77. The molecule has 7 heteroatoms. The Labute approximate surface area is 155 Å². The first kappa shape index (κ1) is 19.2. The van der Waals surface area contributed by atoms with Crippen molar-refractivity contribution in [2.45, 2.75) is 37.0 Å². The molecule has 1 aromatic rings. The molecule has 1 aliphatic heterocycles. The third-order valence-corrected chi connectivity index (χ3v) is 5.16. The van der Waals surface area contributed by atoms with E-state index in [1.807, 2.05) is 6.07 Å². The third-order valence-electron chi connectivity index (χ3n) is 5.16. The Kier molecular flexibility index (Phi) is 5.66. The van der Waals surface area contributed by atoms with Gasteiger partial charge in [0, 0.05) is 12.3 Å². The molecule has 1 saturated heterocycles. The molecule has 142 valence electrons. The molecule has 5 atom stereocenters. The summed E-state index contributed by atoms with van der Waals surface area (Å²) in [6.07, 6.45) is 3.39. The van der Waals surface area contributed by atoms with Crippen LogP contribution in [0.1, 0.15) is 24.3 Å². The summed E-state index contributed by atoms with van der Waals surface area (Å²) in [7, 11) is 0. The van der Waals surface area contributed by atoms with Gasteiger partial charge in [-0.25, -0.2) is 13.2 Å². The van der Waals surface area contributed by atoms with E-state index in [0.29, 0.717) is 12.0 Å². The molecule has 0 bridgehead atoms. The van der Waals surface area contributed by atoms with Crippen LogP contribution in [-0.2, 0) is 4.79 Å². The number of carbonyl (C=O) groups excluding carboxylic acids is 1. The Balaban J connectivity index is 1.90. The number of nitrogens with zero attached hydrogens (tertiary/aromatic N) is 2. The fourth-order valence-electron chi connectivity index (χ4n) is 3.78. The van der Waals surface area contributed by atoms with E-state index in [0.717, 1.165) is 0 Å². The van der Waals surface area contributed by atoms with Crippen LogP contribution in [0.4, 0.5) is 13.2 Å². The smallest absolute Gasteiger partial charge is 0.241 e. The maximum atomic E-state index is 13.7. The van der Waals surface area contributed by atoms with Crippen molar-refractivity contribution in [2.75, 3.05) is 6.54 Å². The summed E-state index contributed by atoms with van der Waals surface area (Å²) in [4.78, 5) is 14.1. The highest BCUT2D eigenvalue weighted by Gasteiger charge is 2.41. The number of halogens is 3. The minimum atomic E-state index is -1.26.